The Morgan fingerprint density at radius 1 is 1.58 bits per heavy atom. The van der Waals surface area contributed by atoms with Crippen LogP contribution in [0.25, 0.3) is 0 Å². The van der Waals surface area contributed by atoms with Crippen molar-refractivity contribution in [1.29, 1.82) is 0 Å². The topological polar surface area (TPSA) is 78.1 Å². The molecule has 0 aliphatic carbocycles. The zero-order valence-electron chi connectivity index (χ0n) is 11.7. The third kappa shape index (κ3) is 3.55. The van der Waals surface area contributed by atoms with Crippen LogP contribution in [0.5, 0.6) is 0 Å². The molecular weight excluding hydrogens is 264 g/mol. The minimum Gasteiger partial charge on any atom is -0.309 e. The van der Waals surface area contributed by atoms with Crippen LogP contribution in [-0.4, -0.2) is 48.3 Å². The highest BCUT2D eigenvalue weighted by atomic mass is 32.2. The Labute approximate surface area is 114 Å². The van der Waals surface area contributed by atoms with Gasteiger partial charge in [0.05, 0.1) is 12.5 Å². The highest BCUT2D eigenvalue weighted by molar-refractivity contribution is 7.88. The molecule has 0 radical (unpaired) electrons. The average molecular weight is 286 g/mol. The molecule has 1 aliphatic heterocycles. The van der Waals surface area contributed by atoms with Gasteiger partial charge in [0.15, 0.2) is 0 Å². The lowest BCUT2D eigenvalue weighted by molar-refractivity contribution is 0.220. The Hall–Kier alpha value is -0.920. The van der Waals surface area contributed by atoms with Gasteiger partial charge in [-0.05, 0) is 19.3 Å². The van der Waals surface area contributed by atoms with Crippen molar-refractivity contribution in [2.24, 2.45) is 5.92 Å². The average Bonchev–Trinajstić information content (AvgIpc) is 2.72. The minimum atomic E-state index is -3.06. The fraction of sp³-hybridized carbons (Fsp3) is 0.750. The van der Waals surface area contributed by atoms with E-state index < -0.39 is 10.0 Å². The van der Waals surface area contributed by atoms with E-state index in [1.165, 1.54) is 6.26 Å². The van der Waals surface area contributed by atoms with Crippen LogP contribution in [0.15, 0.2) is 6.20 Å². The van der Waals surface area contributed by atoms with Crippen LogP contribution in [0.1, 0.15) is 24.6 Å². The molecule has 0 spiro atoms. The van der Waals surface area contributed by atoms with Crippen LogP contribution in [0.4, 0.5) is 0 Å². The molecule has 2 atom stereocenters. The number of hydrogen-bond acceptors (Lipinski definition) is 4. The molecule has 0 bridgehead atoms. The number of hydrogen-bond donors (Lipinski definition) is 2. The number of aromatic amines is 1. The first-order valence-corrected chi connectivity index (χ1v) is 8.40. The molecular formula is C12H22N4O2S. The van der Waals surface area contributed by atoms with Gasteiger partial charge in [-0.25, -0.2) is 12.7 Å². The van der Waals surface area contributed by atoms with Crippen LogP contribution in [0, 0.1) is 12.8 Å². The normalized spacial score (nSPS) is 25.6. The fourth-order valence-corrected chi connectivity index (χ4v) is 3.45. The summed E-state index contributed by atoms with van der Waals surface area (Å²) < 4.78 is 24.6. The zero-order chi connectivity index (χ0) is 14.0. The van der Waals surface area contributed by atoms with Crippen molar-refractivity contribution in [2.45, 2.75) is 32.9 Å². The first-order chi connectivity index (χ1) is 8.88. The summed E-state index contributed by atoms with van der Waals surface area (Å²) in [4.78, 5) is 0. The molecule has 6 nitrogen and oxygen atoms in total. The van der Waals surface area contributed by atoms with Crippen LogP contribution in [-0.2, 0) is 16.6 Å². The molecule has 19 heavy (non-hydrogen) atoms. The molecule has 2 rings (SSSR count). The van der Waals surface area contributed by atoms with Crippen LogP contribution in [0.2, 0.25) is 0 Å². The van der Waals surface area contributed by atoms with Gasteiger partial charge in [0, 0.05) is 36.9 Å². The smallest absolute Gasteiger partial charge is 0.211 e. The van der Waals surface area contributed by atoms with Gasteiger partial charge in [0.1, 0.15) is 0 Å². The van der Waals surface area contributed by atoms with Gasteiger partial charge >= 0.3 is 0 Å². The summed E-state index contributed by atoms with van der Waals surface area (Å²) in [6.45, 7) is 6.07. The summed E-state index contributed by atoms with van der Waals surface area (Å²) >= 11 is 0. The van der Waals surface area contributed by atoms with Gasteiger partial charge in [0.25, 0.3) is 0 Å². The summed E-state index contributed by atoms with van der Waals surface area (Å²) in [6, 6.07) is 0.354. The van der Waals surface area contributed by atoms with Crippen molar-refractivity contribution in [1.82, 2.24) is 19.8 Å². The van der Waals surface area contributed by atoms with Crippen molar-refractivity contribution in [3.05, 3.63) is 17.5 Å². The van der Waals surface area contributed by atoms with Crippen molar-refractivity contribution in [3.8, 4) is 0 Å². The fourth-order valence-electron chi connectivity index (χ4n) is 2.51. The van der Waals surface area contributed by atoms with E-state index in [1.54, 1.807) is 4.31 Å². The Morgan fingerprint density at radius 3 is 2.84 bits per heavy atom. The van der Waals surface area contributed by atoms with E-state index in [2.05, 4.69) is 22.4 Å². The number of aromatic nitrogens is 2. The number of H-pyrrole nitrogens is 1. The van der Waals surface area contributed by atoms with Crippen molar-refractivity contribution in [3.63, 3.8) is 0 Å². The summed E-state index contributed by atoms with van der Waals surface area (Å²) in [5.74, 6) is 0.315. The Morgan fingerprint density at radius 2 is 2.32 bits per heavy atom. The lowest BCUT2D eigenvalue weighted by atomic mass is 9.95. The van der Waals surface area contributed by atoms with Crippen molar-refractivity contribution in [2.75, 3.05) is 19.3 Å². The highest BCUT2D eigenvalue weighted by Crippen LogP contribution is 2.19. The molecule has 2 heterocycles. The third-order valence-corrected chi connectivity index (χ3v) is 5.10. The van der Waals surface area contributed by atoms with E-state index >= 15 is 0 Å². The SMILES string of the molecule is Cc1[nH]ncc1CNC1CCN(S(C)(=O)=O)CC1C. The van der Waals surface area contributed by atoms with Gasteiger partial charge in [-0.3, -0.25) is 5.10 Å². The lowest BCUT2D eigenvalue weighted by Gasteiger charge is -2.36. The number of piperidine rings is 1. The van der Waals surface area contributed by atoms with Gasteiger partial charge < -0.3 is 5.32 Å². The van der Waals surface area contributed by atoms with Gasteiger partial charge in [0.2, 0.25) is 10.0 Å². The van der Waals surface area contributed by atoms with Crippen LogP contribution in [0.3, 0.4) is 0 Å². The van der Waals surface area contributed by atoms with Gasteiger partial charge in [-0.1, -0.05) is 6.92 Å². The third-order valence-electron chi connectivity index (χ3n) is 3.83. The molecule has 0 saturated carbocycles. The van der Waals surface area contributed by atoms with Gasteiger partial charge in [-0.15, -0.1) is 0 Å². The summed E-state index contributed by atoms with van der Waals surface area (Å²) in [6.07, 6.45) is 3.96. The molecule has 1 aliphatic rings. The summed E-state index contributed by atoms with van der Waals surface area (Å²) in [5.41, 5.74) is 2.24. The second kappa shape index (κ2) is 5.60. The van der Waals surface area contributed by atoms with Crippen LogP contribution >= 0.6 is 0 Å². The van der Waals surface area contributed by atoms with Crippen molar-refractivity contribution < 1.29 is 8.42 Å². The second-order valence-corrected chi connectivity index (χ2v) is 7.38. The maximum absolute atomic E-state index is 11.5. The quantitative estimate of drug-likeness (QED) is 0.844. The Balaban J connectivity index is 1.89. The minimum absolute atomic E-state index is 0.315. The highest BCUT2D eigenvalue weighted by Gasteiger charge is 2.30. The number of sulfonamides is 1. The first kappa shape index (κ1) is 14.5. The molecule has 1 aromatic rings. The maximum atomic E-state index is 11.5. The molecule has 1 fully saturated rings. The van der Waals surface area contributed by atoms with Crippen molar-refractivity contribution >= 4 is 10.0 Å². The van der Waals surface area contributed by atoms with E-state index in [-0.39, 0.29) is 0 Å². The number of nitrogens with zero attached hydrogens (tertiary/aromatic N) is 2. The number of nitrogens with one attached hydrogen (secondary N) is 2. The largest absolute Gasteiger partial charge is 0.309 e. The molecule has 2 N–H and O–H groups in total. The number of rotatable bonds is 4. The maximum Gasteiger partial charge on any atom is 0.211 e. The molecule has 2 unspecified atom stereocenters. The second-order valence-electron chi connectivity index (χ2n) is 5.39. The van der Waals surface area contributed by atoms with E-state index in [0.717, 1.165) is 24.2 Å². The molecule has 108 valence electrons. The zero-order valence-corrected chi connectivity index (χ0v) is 12.5. The Kier molecular flexibility index (Phi) is 4.27. The predicted octanol–water partition coefficient (Wildman–Crippen LogP) is 0.478. The standard InChI is InChI=1S/C12H22N4O2S/c1-9-8-16(19(3,17)18)5-4-12(9)13-6-11-7-14-15-10(11)2/h7,9,12-13H,4-6,8H2,1-3H3,(H,14,15). The van der Waals surface area contributed by atoms with E-state index in [1.807, 2.05) is 13.1 Å². The number of aryl methyl sites for hydroxylation is 1. The van der Waals surface area contributed by atoms with E-state index in [4.69, 9.17) is 0 Å². The molecule has 0 aromatic carbocycles. The molecule has 1 saturated heterocycles. The Bertz CT molecular complexity index is 526. The van der Waals surface area contributed by atoms with E-state index in [9.17, 15) is 8.42 Å². The van der Waals surface area contributed by atoms with E-state index in [0.29, 0.717) is 25.0 Å². The summed E-state index contributed by atoms with van der Waals surface area (Å²) in [5, 5.41) is 10.4. The lowest BCUT2D eigenvalue weighted by Crippen LogP contribution is -2.49. The molecule has 1 aromatic heterocycles. The molecule has 7 heteroatoms. The monoisotopic (exact) mass is 286 g/mol. The molecule has 0 amide bonds. The first-order valence-electron chi connectivity index (χ1n) is 6.55. The predicted molar refractivity (Wildman–Crippen MR) is 74.2 cm³/mol. The summed E-state index contributed by atoms with van der Waals surface area (Å²) in [7, 11) is -3.06. The van der Waals surface area contributed by atoms with Crippen LogP contribution < -0.4 is 5.32 Å². The van der Waals surface area contributed by atoms with Gasteiger partial charge in [-0.2, -0.15) is 5.10 Å².